The molecule has 2 aliphatic heterocycles. The maximum absolute atomic E-state index is 12.7. The van der Waals surface area contributed by atoms with Crippen molar-refractivity contribution in [1.29, 1.82) is 0 Å². The Morgan fingerprint density at radius 2 is 2.13 bits per heavy atom. The highest BCUT2D eigenvalue weighted by atomic mass is 35.5. The number of hydrogen-bond acceptors (Lipinski definition) is 4. The third-order valence-corrected chi connectivity index (χ3v) is 4.88. The second-order valence-corrected chi connectivity index (χ2v) is 6.70. The molecule has 120 valence electrons. The Bertz CT molecular complexity index is 730. The maximum Gasteiger partial charge on any atom is 0.276 e. The van der Waals surface area contributed by atoms with Crippen molar-refractivity contribution in [2.24, 2.45) is 0 Å². The standard InChI is InChI=1S/C17H18ClN3O2/c18-12-3-1-2-11(8-12)16-9-15(20-23-16)17(22)21-7-6-13-4-5-14(10-21)19-13/h1-3,8-9,13-14,19H,4-7,10H2. The molecule has 2 fully saturated rings. The quantitative estimate of drug-likeness (QED) is 0.919. The van der Waals surface area contributed by atoms with Crippen LogP contribution >= 0.6 is 11.6 Å². The van der Waals surface area contributed by atoms with E-state index in [-0.39, 0.29) is 5.91 Å². The lowest BCUT2D eigenvalue weighted by atomic mass is 10.1. The van der Waals surface area contributed by atoms with Gasteiger partial charge in [-0.15, -0.1) is 0 Å². The Balaban J connectivity index is 1.53. The molecule has 0 aliphatic carbocycles. The van der Waals surface area contributed by atoms with Gasteiger partial charge < -0.3 is 14.7 Å². The predicted octanol–water partition coefficient (Wildman–Crippen LogP) is 2.96. The van der Waals surface area contributed by atoms with Crippen LogP contribution in [0.1, 0.15) is 29.8 Å². The summed E-state index contributed by atoms with van der Waals surface area (Å²) in [4.78, 5) is 14.6. The van der Waals surface area contributed by atoms with Crippen LogP contribution < -0.4 is 5.32 Å². The smallest absolute Gasteiger partial charge is 0.276 e. The number of carbonyl (C=O) groups excluding carboxylic acids is 1. The van der Waals surface area contributed by atoms with Crippen molar-refractivity contribution in [1.82, 2.24) is 15.4 Å². The van der Waals surface area contributed by atoms with E-state index in [9.17, 15) is 4.79 Å². The molecule has 3 heterocycles. The van der Waals surface area contributed by atoms with Gasteiger partial charge in [-0.05, 0) is 31.4 Å². The van der Waals surface area contributed by atoms with Crippen molar-refractivity contribution in [2.75, 3.05) is 13.1 Å². The largest absolute Gasteiger partial charge is 0.355 e. The number of fused-ring (bicyclic) bond motifs is 2. The molecule has 1 N–H and O–H groups in total. The lowest BCUT2D eigenvalue weighted by Crippen LogP contribution is -2.39. The number of aromatic nitrogens is 1. The van der Waals surface area contributed by atoms with E-state index in [0.717, 1.165) is 31.5 Å². The van der Waals surface area contributed by atoms with Crippen LogP contribution in [0.25, 0.3) is 11.3 Å². The summed E-state index contributed by atoms with van der Waals surface area (Å²) >= 11 is 6.00. The molecular formula is C17H18ClN3O2. The number of halogens is 1. The van der Waals surface area contributed by atoms with Crippen molar-refractivity contribution in [3.8, 4) is 11.3 Å². The molecule has 1 aromatic heterocycles. The summed E-state index contributed by atoms with van der Waals surface area (Å²) in [5, 5.41) is 8.16. The Morgan fingerprint density at radius 1 is 1.26 bits per heavy atom. The van der Waals surface area contributed by atoms with Crippen molar-refractivity contribution >= 4 is 17.5 Å². The maximum atomic E-state index is 12.7. The number of hydrogen-bond donors (Lipinski definition) is 1. The zero-order chi connectivity index (χ0) is 15.8. The molecule has 2 saturated heterocycles. The molecule has 0 saturated carbocycles. The Hall–Kier alpha value is -1.85. The number of nitrogens with zero attached hydrogens (tertiary/aromatic N) is 2. The van der Waals surface area contributed by atoms with E-state index >= 15 is 0 Å². The van der Waals surface area contributed by atoms with Crippen LogP contribution in [0.3, 0.4) is 0 Å². The van der Waals surface area contributed by atoms with Crippen molar-refractivity contribution in [3.63, 3.8) is 0 Å². The number of nitrogens with one attached hydrogen (secondary N) is 1. The fourth-order valence-corrected chi connectivity index (χ4v) is 3.63. The molecule has 0 spiro atoms. The van der Waals surface area contributed by atoms with Crippen LogP contribution in [0.4, 0.5) is 0 Å². The molecule has 1 amide bonds. The first kappa shape index (κ1) is 14.7. The zero-order valence-corrected chi connectivity index (χ0v) is 13.4. The number of benzene rings is 1. The van der Waals surface area contributed by atoms with Gasteiger partial charge in [0.15, 0.2) is 11.5 Å². The number of rotatable bonds is 2. The average molecular weight is 332 g/mol. The highest BCUT2D eigenvalue weighted by Crippen LogP contribution is 2.25. The van der Waals surface area contributed by atoms with Gasteiger partial charge in [-0.2, -0.15) is 0 Å². The lowest BCUT2D eigenvalue weighted by Gasteiger charge is -2.23. The topological polar surface area (TPSA) is 58.4 Å². The van der Waals surface area contributed by atoms with Crippen LogP contribution in [-0.4, -0.2) is 41.1 Å². The minimum atomic E-state index is -0.0589. The minimum absolute atomic E-state index is 0.0589. The van der Waals surface area contributed by atoms with Gasteiger partial charge in [0, 0.05) is 41.8 Å². The van der Waals surface area contributed by atoms with Gasteiger partial charge >= 0.3 is 0 Å². The van der Waals surface area contributed by atoms with E-state index < -0.39 is 0 Å². The van der Waals surface area contributed by atoms with Gasteiger partial charge in [0.25, 0.3) is 5.91 Å². The van der Waals surface area contributed by atoms with Crippen molar-refractivity contribution in [2.45, 2.75) is 31.3 Å². The first-order chi connectivity index (χ1) is 11.2. The zero-order valence-electron chi connectivity index (χ0n) is 12.7. The van der Waals surface area contributed by atoms with Crippen LogP contribution in [0.2, 0.25) is 5.02 Å². The van der Waals surface area contributed by atoms with Gasteiger partial charge in [-0.1, -0.05) is 28.9 Å². The highest BCUT2D eigenvalue weighted by Gasteiger charge is 2.32. The summed E-state index contributed by atoms with van der Waals surface area (Å²) in [6, 6.07) is 9.99. The summed E-state index contributed by atoms with van der Waals surface area (Å²) in [6.07, 6.45) is 3.36. The summed E-state index contributed by atoms with van der Waals surface area (Å²) in [7, 11) is 0. The normalized spacial score (nSPS) is 23.8. The van der Waals surface area contributed by atoms with E-state index in [1.807, 2.05) is 17.0 Å². The van der Waals surface area contributed by atoms with Crippen LogP contribution in [-0.2, 0) is 0 Å². The van der Waals surface area contributed by atoms with E-state index in [0.29, 0.717) is 28.6 Å². The second kappa shape index (κ2) is 5.98. The number of amides is 1. The molecule has 2 aliphatic rings. The molecule has 4 rings (SSSR count). The fraction of sp³-hybridized carbons (Fsp3) is 0.412. The molecule has 2 bridgehead atoms. The van der Waals surface area contributed by atoms with E-state index in [1.54, 1.807) is 18.2 Å². The molecule has 6 heteroatoms. The Morgan fingerprint density at radius 3 is 3.00 bits per heavy atom. The van der Waals surface area contributed by atoms with E-state index in [1.165, 1.54) is 6.42 Å². The average Bonchev–Trinajstić information content (AvgIpc) is 3.13. The van der Waals surface area contributed by atoms with Gasteiger partial charge in [0.05, 0.1) is 0 Å². The van der Waals surface area contributed by atoms with E-state index in [2.05, 4.69) is 10.5 Å². The third-order valence-electron chi connectivity index (χ3n) is 4.65. The van der Waals surface area contributed by atoms with Crippen LogP contribution in [0, 0.1) is 0 Å². The third kappa shape index (κ3) is 2.99. The lowest BCUT2D eigenvalue weighted by molar-refractivity contribution is 0.0738. The summed E-state index contributed by atoms with van der Waals surface area (Å²) < 4.78 is 5.34. The first-order valence-corrected chi connectivity index (χ1v) is 8.35. The Labute approximate surface area is 139 Å². The van der Waals surface area contributed by atoms with E-state index in [4.69, 9.17) is 16.1 Å². The van der Waals surface area contributed by atoms with Crippen LogP contribution in [0.5, 0.6) is 0 Å². The molecular weight excluding hydrogens is 314 g/mol. The Kier molecular flexibility index (Phi) is 3.83. The van der Waals surface area contributed by atoms with Crippen LogP contribution in [0.15, 0.2) is 34.9 Å². The van der Waals surface area contributed by atoms with Gasteiger partial charge in [0.2, 0.25) is 0 Å². The summed E-state index contributed by atoms with van der Waals surface area (Å²) in [5.74, 6) is 0.502. The SMILES string of the molecule is O=C(c1cc(-c2cccc(Cl)c2)on1)N1CCC2CCC(C1)N2. The van der Waals surface area contributed by atoms with Crippen molar-refractivity contribution < 1.29 is 9.32 Å². The monoisotopic (exact) mass is 331 g/mol. The molecule has 5 nitrogen and oxygen atoms in total. The highest BCUT2D eigenvalue weighted by molar-refractivity contribution is 6.30. The van der Waals surface area contributed by atoms with Gasteiger partial charge in [0.1, 0.15) is 0 Å². The molecule has 2 unspecified atom stereocenters. The first-order valence-electron chi connectivity index (χ1n) is 7.97. The molecule has 0 radical (unpaired) electrons. The predicted molar refractivity (Wildman–Crippen MR) is 87.4 cm³/mol. The fourth-order valence-electron chi connectivity index (χ4n) is 3.44. The minimum Gasteiger partial charge on any atom is -0.355 e. The molecule has 1 aromatic carbocycles. The summed E-state index contributed by atoms with van der Waals surface area (Å²) in [6.45, 7) is 1.51. The van der Waals surface area contributed by atoms with Crippen molar-refractivity contribution in [3.05, 3.63) is 41.0 Å². The number of carbonyl (C=O) groups is 1. The second-order valence-electron chi connectivity index (χ2n) is 6.26. The number of likely N-dealkylation sites (tertiary alicyclic amines) is 1. The molecule has 2 aromatic rings. The molecule has 23 heavy (non-hydrogen) atoms. The summed E-state index contributed by atoms with van der Waals surface area (Å²) in [5.41, 5.74) is 1.18. The molecule has 2 atom stereocenters. The van der Waals surface area contributed by atoms with Gasteiger partial charge in [-0.25, -0.2) is 0 Å². The van der Waals surface area contributed by atoms with Gasteiger partial charge in [-0.3, -0.25) is 4.79 Å².